The van der Waals surface area contributed by atoms with Crippen molar-refractivity contribution < 1.29 is 14.3 Å². The number of carbonyl (C=O) groups excluding carboxylic acids is 2. The molecule has 6 nitrogen and oxygen atoms in total. The van der Waals surface area contributed by atoms with E-state index in [4.69, 9.17) is 4.74 Å². The number of rotatable bonds is 2. The first kappa shape index (κ1) is 17.4. The number of likely N-dealkylation sites (tertiary alicyclic amines) is 1. The van der Waals surface area contributed by atoms with Crippen LogP contribution in [0.3, 0.4) is 0 Å². The maximum absolute atomic E-state index is 13.1. The molecule has 2 aliphatic heterocycles. The highest BCUT2D eigenvalue weighted by atomic mass is 32.1. The van der Waals surface area contributed by atoms with Gasteiger partial charge in [-0.3, -0.25) is 9.59 Å². The minimum absolute atomic E-state index is 0.0357. The van der Waals surface area contributed by atoms with Crippen molar-refractivity contribution in [2.75, 3.05) is 26.2 Å². The lowest BCUT2D eigenvalue weighted by atomic mass is 9.93. The molecule has 1 atom stereocenters. The number of hydrogen-bond donors (Lipinski definition) is 0. The Bertz CT molecular complexity index is 630. The highest BCUT2D eigenvalue weighted by Crippen LogP contribution is 2.31. The molecule has 0 radical (unpaired) electrons. The monoisotopic (exact) mass is 351 g/mol. The highest BCUT2D eigenvalue weighted by molar-refractivity contribution is 7.11. The van der Waals surface area contributed by atoms with Crippen LogP contribution in [-0.4, -0.2) is 64.5 Å². The van der Waals surface area contributed by atoms with Crippen LogP contribution in [0.2, 0.25) is 0 Å². The quantitative estimate of drug-likeness (QED) is 0.818. The van der Waals surface area contributed by atoms with E-state index >= 15 is 0 Å². The average molecular weight is 351 g/mol. The van der Waals surface area contributed by atoms with Crippen LogP contribution < -0.4 is 0 Å². The molecule has 7 heteroatoms. The van der Waals surface area contributed by atoms with Gasteiger partial charge in [0.25, 0.3) is 11.8 Å². The molecule has 2 amide bonds. The molecule has 1 aromatic rings. The molecular weight excluding hydrogens is 326 g/mol. The molecule has 3 heterocycles. The molecule has 132 valence electrons. The van der Waals surface area contributed by atoms with Crippen molar-refractivity contribution in [3.8, 4) is 0 Å². The molecule has 2 saturated heterocycles. The molecule has 2 fully saturated rings. The minimum Gasteiger partial charge on any atom is -0.361 e. The smallest absolute Gasteiger partial charge is 0.266 e. The highest BCUT2D eigenvalue weighted by Gasteiger charge is 2.48. The van der Waals surface area contributed by atoms with Crippen LogP contribution in [0.15, 0.2) is 5.51 Å². The summed E-state index contributed by atoms with van der Waals surface area (Å²) in [7, 11) is 0. The molecule has 0 saturated carbocycles. The summed E-state index contributed by atoms with van der Waals surface area (Å²) in [6.07, 6.45) is 2.61. The Hall–Kier alpha value is -1.47. The third kappa shape index (κ3) is 3.07. The maximum Gasteiger partial charge on any atom is 0.266 e. The number of ether oxygens (including phenoxy) is 1. The molecular formula is C17H25N3O3S. The number of aryl methyl sites for hydroxylation is 1. The fraction of sp³-hybridized carbons (Fsp3) is 0.706. The summed E-state index contributed by atoms with van der Waals surface area (Å²) in [5.41, 5.74) is 1.56. The van der Waals surface area contributed by atoms with E-state index in [0.29, 0.717) is 31.0 Å². The van der Waals surface area contributed by atoms with Gasteiger partial charge in [-0.2, -0.15) is 0 Å². The zero-order valence-corrected chi connectivity index (χ0v) is 15.4. The topological polar surface area (TPSA) is 62.7 Å². The Kier molecular flexibility index (Phi) is 4.92. The van der Waals surface area contributed by atoms with Gasteiger partial charge in [0, 0.05) is 19.1 Å². The van der Waals surface area contributed by atoms with E-state index in [2.05, 4.69) is 4.98 Å². The van der Waals surface area contributed by atoms with Crippen LogP contribution >= 0.6 is 11.3 Å². The van der Waals surface area contributed by atoms with Crippen LogP contribution in [0.1, 0.15) is 48.5 Å². The number of amides is 2. The second kappa shape index (κ2) is 6.80. The van der Waals surface area contributed by atoms with Gasteiger partial charge in [0.05, 0.1) is 24.4 Å². The van der Waals surface area contributed by atoms with E-state index in [1.807, 2.05) is 25.7 Å². The normalized spacial score (nSPS) is 25.4. The fourth-order valence-corrected chi connectivity index (χ4v) is 4.31. The van der Waals surface area contributed by atoms with E-state index in [1.165, 1.54) is 11.3 Å². The fourth-order valence-electron chi connectivity index (χ4n) is 3.54. The summed E-state index contributed by atoms with van der Waals surface area (Å²) in [5, 5.41) is 0. The van der Waals surface area contributed by atoms with Crippen molar-refractivity contribution >= 4 is 23.2 Å². The lowest BCUT2D eigenvalue weighted by Gasteiger charge is -2.43. The summed E-state index contributed by atoms with van der Waals surface area (Å²) >= 11 is 1.36. The van der Waals surface area contributed by atoms with Gasteiger partial charge in [-0.05, 0) is 40.0 Å². The number of aromatic nitrogens is 1. The second-order valence-corrected chi connectivity index (χ2v) is 7.74. The van der Waals surface area contributed by atoms with Crippen molar-refractivity contribution in [1.29, 1.82) is 0 Å². The number of hydrogen-bond acceptors (Lipinski definition) is 5. The Labute approximate surface area is 146 Å². The van der Waals surface area contributed by atoms with Crippen LogP contribution in [0.25, 0.3) is 0 Å². The number of nitrogens with zero attached hydrogens (tertiary/aromatic N) is 3. The lowest BCUT2D eigenvalue weighted by molar-refractivity contribution is -0.169. The molecule has 2 aliphatic rings. The first-order valence-corrected chi connectivity index (χ1v) is 9.47. The Morgan fingerprint density at radius 1 is 1.38 bits per heavy atom. The van der Waals surface area contributed by atoms with Crippen molar-refractivity contribution in [1.82, 2.24) is 14.8 Å². The Morgan fingerprint density at radius 2 is 2.17 bits per heavy atom. The number of thiazole rings is 1. The van der Waals surface area contributed by atoms with Crippen molar-refractivity contribution in [2.45, 2.75) is 51.7 Å². The molecule has 1 spiro atoms. The third-order valence-corrected chi connectivity index (χ3v) is 5.83. The van der Waals surface area contributed by atoms with Gasteiger partial charge in [-0.25, -0.2) is 4.98 Å². The minimum atomic E-state index is -0.882. The van der Waals surface area contributed by atoms with Gasteiger partial charge in [0.1, 0.15) is 4.88 Å². The summed E-state index contributed by atoms with van der Waals surface area (Å²) in [5.74, 6) is -0.000606. The van der Waals surface area contributed by atoms with Gasteiger partial charge >= 0.3 is 0 Å². The zero-order valence-electron chi connectivity index (χ0n) is 14.6. The van der Waals surface area contributed by atoms with Crippen LogP contribution in [0.4, 0.5) is 0 Å². The van der Waals surface area contributed by atoms with Crippen LogP contribution in [0.5, 0.6) is 0 Å². The molecule has 1 aromatic heterocycles. The first-order valence-electron chi connectivity index (χ1n) is 8.59. The van der Waals surface area contributed by atoms with E-state index in [9.17, 15) is 9.59 Å². The van der Waals surface area contributed by atoms with E-state index in [1.54, 1.807) is 10.4 Å². The predicted molar refractivity (Wildman–Crippen MR) is 92.1 cm³/mol. The molecule has 24 heavy (non-hydrogen) atoms. The molecule has 0 bridgehead atoms. The van der Waals surface area contributed by atoms with Crippen molar-refractivity contribution in [3.05, 3.63) is 16.1 Å². The number of carbonyl (C=O) groups is 2. The SMILES string of the molecule is Cc1ncsc1C(=O)N1CCOC2(CCCCN(C(C)C)C2=O)C1. The van der Waals surface area contributed by atoms with Gasteiger partial charge in [0.2, 0.25) is 0 Å². The third-order valence-electron chi connectivity index (χ3n) is 4.92. The van der Waals surface area contributed by atoms with Crippen LogP contribution in [-0.2, 0) is 9.53 Å². The summed E-state index contributed by atoms with van der Waals surface area (Å²) in [6, 6.07) is 0.144. The average Bonchev–Trinajstić information content (AvgIpc) is 2.92. The summed E-state index contributed by atoms with van der Waals surface area (Å²) in [4.78, 5) is 34.5. The maximum atomic E-state index is 13.1. The molecule has 0 aliphatic carbocycles. The molecule has 3 rings (SSSR count). The van der Waals surface area contributed by atoms with E-state index < -0.39 is 5.60 Å². The van der Waals surface area contributed by atoms with E-state index in [0.717, 1.165) is 25.1 Å². The largest absolute Gasteiger partial charge is 0.361 e. The van der Waals surface area contributed by atoms with Gasteiger partial charge in [-0.15, -0.1) is 11.3 Å². The molecule has 0 N–H and O–H groups in total. The van der Waals surface area contributed by atoms with Gasteiger partial charge in [-0.1, -0.05) is 0 Å². The van der Waals surface area contributed by atoms with Crippen molar-refractivity contribution in [2.24, 2.45) is 0 Å². The number of morpholine rings is 1. The van der Waals surface area contributed by atoms with Crippen LogP contribution in [0, 0.1) is 6.92 Å². The van der Waals surface area contributed by atoms with E-state index in [-0.39, 0.29) is 17.9 Å². The van der Waals surface area contributed by atoms with Gasteiger partial charge in [0.15, 0.2) is 5.60 Å². The van der Waals surface area contributed by atoms with Gasteiger partial charge < -0.3 is 14.5 Å². The zero-order chi connectivity index (χ0) is 17.3. The lowest BCUT2D eigenvalue weighted by Crippen LogP contribution is -2.61. The Morgan fingerprint density at radius 3 is 2.83 bits per heavy atom. The summed E-state index contributed by atoms with van der Waals surface area (Å²) in [6.45, 7) is 7.94. The Balaban J connectivity index is 1.84. The first-order chi connectivity index (χ1) is 11.4. The standard InChI is InChI=1S/C17H25N3O3S/c1-12(2)20-7-5-4-6-17(16(20)22)10-19(8-9-23-17)15(21)14-13(3)18-11-24-14/h11-12H,4-10H2,1-3H3. The molecule has 1 unspecified atom stereocenters. The predicted octanol–water partition coefficient (Wildman–Crippen LogP) is 2.08. The second-order valence-electron chi connectivity index (χ2n) is 6.89. The summed E-state index contributed by atoms with van der Waals surface area (Å²) < 4.78 is 6.01. The van der Waals surface area contributed by atoms with Crippen molar-refractivity contribution in [3.63, 3.8) is 0 Å². The molecule has 0 aromatic carbocycles.